The monoisotopic (exact) mass is 515 g/mol. The second-order valence-electron chi connectivity index (χ2n) is 6.83. The number of piperazine rings is 1. The molecule has 0 atom stereocenters. The number of phenols is 1. The first kappa shape index (κ1) is 29.4. The number of pyridine rings is 1. The Labute approximate surface area is 193 Å². The number of alkyl halides is 6. The van der Waals surface area contributed by atoms with Crippen molar-refractivity contribution < 1.29 is 55.6 Å². The van der Waals surface area contributed by atoms with Crippen molar-refractivity contribution in [1.29, 1.82) is 0 Å². The number of phenolic OH excluding ortho intramolecular Hbond substituents is 1. The molecule has 1 aliphatic heterocycles. The molecule has 0 unspecified atom stereocenters. The van der Waals surface area contributed by atoms with Gasteiger partial charge in [0.1, 0.15) is 17.4 Å². The molecule has 2 heterocycles. The summed E-state index contributed by atoms with van der Waals surface area (Å²) in [4.78, 5) is 26.6. The summed E-state index contributed by atoms with van der Waals surface area (Å²) in [6, 6.07) is 9.99. The first-order chi connectivity index (χ1) is 16.1. The Kier molecular flexibility index (Phi) is 10.7. The van der Waals surface area contributed by atoms with Crippen LogP contribution in [0.15, 0.2) is 42.6 Å². The lowest BCUT2D eigenvalue weighted by Crippen LogP contribution is -2.46. The van der Waals surface area contributed by atoms with Crippen molar-refractivity contribution in [1.82, 2.24) is 9.88 Å². The third-order valence-corrected chi connectivity index (χ3v) is 4.27. The van der Waals surface area contributed by atoms with Gasteiger partial charge >= 0.3 is 24.3 Å². The number of carboxylic acids is 2. The molecule has 1 aliphatic rings. The molecule has 1 fully saturated rings. The van der Waals surface area contributed by atoms with Crippen LogP contribution in [0.5, 0.6) is 5.75 Å². The number of anilines is 1. The Balaban J connectivity index is 0.000000362. The van der Waals surface area contributed by atoms with Crippen LogP contribution in [0, 0.1) is 5.82 Å². The first-order valence-electron chi connectivity index (χ1n) is 9.57. The van der Waals surface area contributed by atoms with Crippen LogP contribution in [0.1, 0.15) is 5.56 Å². The first-order valence-corrected chi connectivity index (χ1v) is 9.57. The Morgan fingerprint density at radius 3 is 1.83 bits per heavy atom. The number of rotatable bonds is 3. The molecule has 194 valence electrons. The maximum Gasteiger partial charge on any atom is 0.490 e. The second kappa shape index (κ2) is 12.7. The summed E-state index contributed by atoms with van der Waals surface area (Å²) in [5.74, 6) is -4.68. The van der Waals surface area contributed by atoms with Crippen LogP contribution < -0.4 is 4.90 Å². The molecule has 0 spiro atoms. The number of nitrogens with zero attached hydrogens (tertiary/aromatic N) is 3. The Hall–Kier alpha value is -3.62. The van der Waals surface area contributed by atoms with E-state index < -0.39 is 24.3 Å². The van der Waals surface area contributed by atoms with Gasteiger partial charge in [-0.2, -0.15) is 26.3 Å². The van der Waals surface area contributed by atoms with Gasteiger partial charge in [0.2, 0.25) is 0 Å². The summed E-state index contributed by atoms with van der Waals surface area (Å²) in [7, 11) is 0. The molecule has 0 saturated carbocycles. The lowest BCUT2D eigenvalue weighted by Gasteiger charge is -2.35. The molecule has 0 radical (unpaired) electrons. The topological polar surface area (TPSA) is 114 Å². The largest absolute Gasteiger partial charge is 0.508 e. The minimum absolute atomic E-state index is 0.156. The standard InChI is InChI=1S/C16H18FN3O.2C2HF3O2/c17-14-4-5-15(21)13(11-14)12-19-7-9-20(10-8-19)16-3-1-2-6-18-16;2*3-2(4,5)1(6)7/h1-6,11,21H,7-10,12H2;2*(H,6,7). The van der Waals surface area contributed by atoms with E-state index >= 15 is 0 Å². The fourth-order valence-corrected chi connectivity index (χ4v) is 2.60. The van der Waals surface area contributed by atoms with Crippen LogP contribution in [0.25, 0.3) is 0 Å². The molecular weight excluding hydrogens is 495 g/mol. The summed E-state index contributed by atoms with van der Waals surface area (Å²) in [5, 5.41) is 24.0. The third kappa shape index (κ3) is 10.9. The predicted molar refractivity (Wildman–Crippen MR) is 107 cm³/mol. The van der Waals surface area contributed by atoms with Crippen LogP contribution in [-0.4, -0.2) is 75.7 Å². The number of carboxylic acid groups (broad SMARTS) is 2. The average Bonchev–Trinajstić information content (AvgIpc) is 2.77. The Morgan fingerprint density at radius 2 is 1.40 bits per heavy atom. The number of hydrogen-bond acceptors (Lipinski definition) is 6. The van der Waals surface area contributed by atoms with E-state index in [2.05, 4.69) is 14.8 Å². The van der Waals surface area contributed by atoms with Gasteiger partial charge < -0.3 is 20.2 Å². The van der Waals surface area contributed by atoms with E-state index in [1.165, 1.54) is 18.2 Å². The molecule has 2 aromatic rings. The molecule has 1 saturated heterocycles. The third-order valence-electron chi connectivity index (χ3n) is 4.27. The quantitative estimate of drug-likeness (QED) is 0.533. The van der Waals surface area contributed by atoms with Crippen molar-refractivity contribution in [2.75, 3.05) is 31.1 Å². The van der Waals surface area contributed by atoms with Crippen LogP contribution in [-0.2, 0) is 16.1 Å². The molecule has 8 nitrogen and oxygen atoms in total. The van der Waals surface area contributed by atoms with E-state index in [1.54, 1.807) is 6.20 Å². The highest BCUT2D eigenvalue weighted by Crippen LogP contribution is 2.21. The molecule has 0 bridgehead atoms. The normalized spacial score (nSPS) is 14.2. The van der Waals surface area contributed by atoms with Gasteiger partial charge in [0.15, 0.2) is 0 Å². The zero-order chi connectivity index (χ0) is 26.8. The minimum atomic E-state index is -5.08. The van der Waals surface area contributed by atoms with E-state index in [9.17, 15) is 35.8 Å². The minimum Gasteiger partial charge on any atom is -0.508 e. The maximum atomic E-state index is 13.2. The van der Waals surface area contributed by atoms with Crippen molar-refractivity contribution in [3.8, 4) is 5.75 Å². The maximum absolute atomic E-state index is 13.2. The highest BCUT2D eigenvalue weighted by Gasteiger charge is 2.38. The molecule has 1 aromatic heterocycles. The van der Waals surface area contributed by atoms with Gasteiger partial charge in [0.25, 0.3) is 0 Å². The van der Waals surface area contributed by atoms with Crippen LogP contribution in [0.3, 0.4) is 0 Å². The van der Waals surface area contributed by atoms with Gasteiger partial charge in [-0.3, -0.25) is 4.90 Å². The van der Waals surface area contributed by atoms with Gasteiger partial charge in [-0.1, -0.05) is 6.07 Å². The van der Waals surface area contributed by atoms with E-state index in [0.717, 1.165) is 32.0 Å². The van der Waals surface area contributed by atoms with E-state index in [-0.39, 0.29) is 11.6 Å². The highest BCUT2D eigenvalue weighted by atomic mass is 19.4. The fourth-order valence-electron chi connectivity index (χ4n) is 2.60. The molecule has 1 aromatic carbocycles. The fraction of sp³-hybridized carbons (Fsp3) is 0.350. The van der Waals surface area contributed by atoms with E-state index in [0.29, 0.717) is 12.1 Å². The zero-order valence-electron chi connectivity index (χ0n) is 17.7. The molecule has 15 heteroatoms. The van der Waals surface area contributed by atoms with Crippen molar-refractivity contribution in [3.63, 3.8) is 0 Å². The smallest absolute Gasteiger partial charge is 0.490 e. The zero-order valence-corrected chi connectivity index (χ0v) is 17.7. The highest BCUT2D eigenvalue weighted by molar-refractivity contribution is 5.73. The summed E-state index contributed by atoms with van der Waals surface area (Å²) in [6.07, 6.45) is -8.37. The molecule has 0 aliphatic carbocycles. The summed E-state index contributed by atoms with van der Waals surface area (Å²) in [5.41, 5.74) is 0.640. The molecule has 35 heavy (non-hydrogen) atoms. The number of halogens is 7. The van der Waals surface area contributed by atoms with E-state index in [4.69, 9.17) is 19.8 Å². The van der Waals surface area contributed by atoms with Gasteiger partial charge in [-0.05, 0) is 30.3 Å². The number of carbonyl (C=O) groups is 2. The van der Waals surface area contributed by atoms with Gasteiger partial charge in [-0.15, -0.1) is 0 Å². The lowest BCUT2D eigenvalue weighted by molar-refractivity contribution is -0.193. The Bertz CT molecular complexity index is 940. The number of hydrogen-bond donors (Lipinski definition) is 3. The van der Waals surface area contributed by atoms with Crippen LogP contribution >= 0.6 is 0 Å². The van der Waals surface area contributed by atoms with Crippen molar-refractivity contribution in [2.24, 2.45) is 0 Å². The predicted octanol–water partition coefficient (Wildman–Crippen LogP) is 3.52. The van der Waals surface area contributed by atoms with Crippen LogP contribution in [0.4, 0.5) is 36.6 Å². The van der Waals surface area contributed by atoms with Crippen molar-refractivity contribution in [2.45, 2.75) is 18.9 Å². The van der Waals surface area contributed by atoms with E-state index in [1.807, 2.05) is 18.2 Å². The van der Waals surface area contributed by atoms with Crippen LogP contribution in [0.2, 0.25) is 0 Å². The average molecular weight is 515 g/mol. The molecule has 3 rings (SSSR count). The van der Waals surface area contributed by atoms with Crippen molar-refractivity contribution in [3.05, 3.63) is 54.0 Å². The van der Waals surface area contributed by atoms with Gasteiger partial charge in [0, 0.05) is 44.5 Å². The SMILES string of the molecule is O=C(O)C(F)(F)F.O=C(O)C(F)(F)F.Oc1ccc(F)cc1CN1CCN(c2ccccn2)CC1. The van der Waals surface area contributed by atoms with Crippen molar-refractivity contribution >= 4 is 17.8 Å². The number of benzene rings is 1. The number of aromatic nitrogens is 1. The number of aromatic hydroxyl groups is 1. The molecule has 0 amide bonds. The summed E-state index contributed by atoms with van der Waals surface area (Å²) < 4.78 is 76.7. The second-order valence-corrected chi connectivity index (χ2v) is 6.83. The van der Waals surface area contributed by atoms with Gasteiger partial charge in [-0.25, -0.2) is 19.0 Å². The van der Waals surface area contributed by atoms with Gasteiger partial charge in [0.05, 0.1) is 0 Å². The lowest BCUT2D eigenvalue weighted by atomic mass is 10.1. The molecular formula is C20H20F7N3O5. The summed E-state index contributed by atoms with van der Waals surface area (Å²) in [6.45, 7) is 4.07. The molecule has 3 N–H and O–H groups in total. The Morgan fingerprint density at radius 1 is 0.886 bits per heavy atom. The summed E-state index contributed by atoms with van der Waals surface area (Å²) >= 11 is 0. The number of aliphatic carboxylic acids is 2.